The van der Waals surface area contributed by atoms with Gasteiger partial charge in [-0.15, -0.1) is 0 Å². The molecule has 0 amide bonds. The van der Waals surface area contributed by atoms with Crippen LogP contribution in [0.2, 0.25) is 0 Å². The van der Waals surface area contributed by atoms with Crippen LogP contribution in [0.25, 0.3) is 0 Å². The minimum atomic E-state index is -3.77. The lowest BCUT2D eigenvalue weighted by atomic mass is 10.2. The summed E-state index contributed by atoms with van der Waals surface area (Å²) in [5, 5.41) is 13.2. The molecular formula is C11H13N5O3S. The van der Waals surface area contributed by atoms with Crippen LogP contribution in [0.5, 0.6) is 5.75 Å². The third-order valence-electron chi connectivity index (χ3n) is 2.52. The van der Waals surface area contributed by atoms with E-state index in [-0.39, 0.29) is 22.3 Å². The number of aromatic amines is 1. The number of nitrogen functional groups attached to an aromatic ring is 1. The Labute approximate surface area is 115 Å². The number of nitrogens with zero attached hydrogens (tertiary/aromatic N) is 1. The van der Waals surface area contributed by atoms with E-state index in [0.29, 0.717) is 5.56 Å². The van der Waals surface area contributed by atoms with Crippen LogP contribution in [-0.4, -0.2) is 31.6 Å². The van der Waals surface area contributed by atoms with Crippen molar-refractivity contribution in [3.63, 3.8) is 0 Å². The van der Waals surface area contributed by atoms with E-state index in [9.17, 15) is 8.42 Å². The van der Waals surface area contributed by atoms with E-state index in [1.807, 2.05) is 0 Å². The van der Waals surface area contributed by atoms with Gasteiger partial charge in [0.25, 0.3) is 10.0 Å². The second-order valence-electron chi connectivity index (χ2n) is 3.86. The van der Waals surface area contributed by atoms with Crippen LogP contribution in [0.4, 0.5) is 5.69 Å². The molecule has 0 fully saturated rings. The first-order valence-corrected chi connectivity index (χ1v) is 6.97. The van der Waals surface area contributed by atoms with Gasteiger partial charge in [-0.05, 0) is 24.3 Å². The predicted octanol–water partition coefficient (Wildman–Crippen LogP) is 0.503. The predicted molar refractivity (Wildman–Crippen MR) is 73.4 cm³/mol. The molecule has 1 aromatic carbocycles. The Kier molecular flexibility index (Phi) is 3.61. The van der Waals surface area contributed by atoms with Crippen molar-refractivity contribution in [1.82, 2.24) is 10.2 Å². The van der Waals surface area contributed by atoms with Crippen molar-refractivity contribution in [2.75, 3.05) is 11.8 Å². The number of hydrogen-bond acceptors (Lipinski definition) is 5. The van der Waals surface area contributed by atoms with Gasteiger partial charge in [0.2, 0.25) is 0 Å². The molecule has 0 saturated carbocycles. The van der Waals surface area contributed by atoms with Gasteiger partial charge in [-0.2, -0.15) is 13.5 Å². The zero-order chi connectivity index (χ0) is 14.8. The Morgan fingerprint density at radius 3 is 2.75 bits per heavy atom. The molecule has 0 aliphatic heterocycles. The molecule has 0 unspecified atom stereocenters. The molecule has 20 heavy (non-hydrogen) atoms. The minimum Gasteiger partial charge on any atom is -0.495 e. The van der Waals surface area contributed by atoms with Crippen molar-refractivity contribution in [2.45, 2.75) is 5.03 Å². The van der Waals surface area contributed by atoms with E-state index in [1.54, 1.807) is 0 Å². The molecule has 0 saturated heterocycles. The van der Waals surface area contributed by atoms with Crippen LogP contribution < -0.4 is 15.2 Å². The van der Waals surface area contributed by atoms with Crippen molar-refractivity contribution in [3.05, 3.63) is 36.0 Å². The number of amidine groups is 1. The number of sulfonamides is 1. The summed E-state index contributed by atoms with van der Waals surface area (Å²) in [5.41, 5.74) is 6.05. The first kappa shape index (κ1) is 13.9. The maximum atomic E-state index is 12.0. The molecular weight excluding hydrogens is 282 g/mol. The van der Waals surface area contributed by atoms with E-state index in [1.165, 1.54) is 37.6 Å². The summed E-state index contributed by atoms with van der Waals surface area (Å²) in [6.45, 7) is 0. The molecule has 0 spiro atoms. The topological polar surface area (TPSA) is 134 Å². The molecule has 1 aromatic heterocycles. The molecule has 2 rings (SSSR count). The summed E-state index contributed by atoms with van der Waals surface area (Å²) in [5.74, 6) is 0.132. The lowest BCUT2D eigenvalue weighted by Gasteiger charge is -2.12. The minimum absolute atomic E-state index is 0.0600. The van der Waals surface area contributed by atoms with E-state index < -0.39 is 10.0 Å². The number of ether oxygens (including phenoxy) is 1. The maximum absolute atomic E-state index is 12.0. The summed E-state index contributed by atoms with van der Waals surface area (Å²) in [6, 6.07) is 5.81. The third kappa shape index (κ3) is 2.72. The zero-order valence-corrected chi connectivity index (χ0v) is 11.4. The second kappa shape index (κ2) is 5.21. The lowest BCUT2D eigenvalue weighted by molar-refractivity contribution is 0.417. The van der Waals surface area contributed by atoms with Crippen LogP contribution in [0.1, 0.15) is 5.56 Å². The average molecular weight is 295 g/mol. The van der Waals surface area contributed by atoms with Crippen LogP contribution in [0.15, 0.2) is 35.5 Å². The molecule has 9 heteroatoms. The van der Waals surface area contributed by atoms with Gasteiger partial charge in [-0.3, -0.25) is 15.2 Å². The van der Waals surface area contributed by atoms with Crippen molar-refractivity contribution >= 4 is 21.5 Å². The number of methoxy groups -OCH3 is 1. The van der Waals surface area contributed by atoms with Gasteiger partial charge >= 0.3 is 0 Å². The molecule has 5 N–H and O–H groups in total. The Bertz CT molecular complexity index is 725. The molecule has 0 atom stereocenters. The maximum Gasteiger partial charge on any atom is 0.278 e. The summed E-state index contributed by atoms with van der Waals surface area (Å²) in [4.78, 5) is 0. The Morgan fingerprint density at radius 2 is 2.20 bits per heavy atom. The van der Waals surface area contributed by atoms with Gasteiger partial charge in [-0.25, -0.2) is 0 Å². The molecule has 1 heterocycles. The zero-order valence-electron chi connectivity index (χ0n) is 10.5. The number of nitrogens with one attached hydrogen (secondary N) is 3. The van der Waals surface area contributed by atoms with Gasteiger partial charge in [0.15, 0.2) is 5.03 Å². The third-order valence-corrected chi connectivity index (χ3v) is 3.82. The van der Waals surface area contributed by atoms with Crippen LogP contribution in [0, 0.1) is 5.41 Å². The van der Waals surface area contributed by atoms with Crippen molar-refractivity contribution in [2.24, 2.45) is 5.73 Å². The number of rotatable bonds is 5. The summed E-state index contributed by atoms with van der Waals surface area (Å²) in [6.07, 6.45) is 1.34. The number of H-pyrrole nitrogens is 1. The highest BCUT2D eigenvalue weighted by molar-refractivity contribution is 7.92. The largest absolute Gasteiger partial charge is 0.495 e. The SMILES string of the molecule is COc1cc(C(=N)N)ccc1NS(=O)(=O)c1ccn[nH]1. The first-order chi connectivity index (χ1) is 9.44. The van der Waals surface area contributed by atoms with Crippen LogP contribution >= 0.6 is 0 Å². The second-order valence-corrected chi connectivity index (χ2v) is 5.51. The average Bonchev–Trinajstić information content (AvgIpc) is 2.93. The molecule has 106 valence electrons. The fourth-order valence-electron chi connectivity index (χ4n) is 1.54. The van der Waals surface area contributed by atoms with Gasteiger partial charge in [-0.1, -0.05) is 0 Å². The van der Waals surface area contributed by atoms with Crippen molar-refractivity contribution in [1.29, 1.82) is 5.41 Å². The highest BCUT2D eigenvalue weighted by Crippen LogP contribution is 2.27. The fraction of sp³-hybridized carbons (Fsp3) is 0.0909. The first-order valence-electron chi connectivity index (χ1n) is 5.48. The number of hydrogen-bond donors (Lipinski definition) is 4. The number of aromatic nitrogens is 2. The summed E-state index contributed by atoms with van der Waals surface area (Å²) in [7, 11) is -2.37. The van der Waals surface area contributed by atoms with Crippen LogP contribution in [-0.2, 0) is 10.0 Å². The highest BCUT2D eigenvalue weighted by atomic mass is 32.2. The van der Waals surface area contributed by atoms with Crippen molar-refractivity contribution < 1.29 is 13.2 Å². The fourth-order valence-corrected chi connectivity index (χ4v) is 2.52. The smallest absolute Gasteiger partial charge is 0.278 e. The van der Waals surface area contributed by atoms with E-state index in [0.717, 1.165) is 0 Å². The normalized spacial score (nSPS) is 11.1. The standard InChI is InChI=1S/C11H13N5O3S/c1-19-9-6-7(11(12)13)2-3-8(9)16-20(17,18)10-4-5-14-15-10/h2-6,16H,1H3,(H3,12,13)(H,14,15). The molecule has 0 aliphatic carbocycles. The number of nitrogens with two attached hydrogens (primary N) is 1. The number of benzene rings is 1. The monoisotopic (exact) mass is 295 g/mol. The van der Waals surface area contributed by atoms with E-state index in [4.69, 9.17) is 15.9 Å². The molecule has 0 aliphatic rings. The van der Waals surface area contributed by atoms with Crippen LogP contribution in [0.3, 0.4) is 0 Å². The molecule has 2 aromatic rings. The lowest BCUT2D eigenvalue weighted by Crippen LogP contribution is -2.15. The molecule has 0 bridgehead atoms. The highest BCUT2D eigenvalue weighted by Gasteiger charge is 2.18. The van der Waals surface area contributed by atoms with Gasteiger partial charge in [0.05, 0.1) is 19.0 Å². The Balaban J connectivity index is 2.37. The van der Waals surface area contributed by atoms with Crippen molar-refractivity contribution in [3.8, 4) is 5.75 Å². The summed E-state index contributed by atoms with van der Waals surface area (Å²) < 4.78 is 31.6. The quantitative estimate of drug-likeness (QED) is 0.471. The molecule has 0 radical (unpaired) electrons. The van der Waals surface area contributed by atoms with E-state index in [2.05, 4.69) is 14.9 Å². The summed E-state index contributed by atoms with van der Waals surface area (Å²) >= 11 is 0. The van der Waals surface area contributed by atoms with Gasteiger partial charge in [0.1, 0.15) is 11.6 Å². The Morgan fingerprint density at radius 1 is 1.45 bits per heavy atom. The molecule has 8 nitrogen and oxygen atoms in total. The van der Waals surface area contributed by atoms with E-state index >= 15 is 0 Å². The van der Waals surface area contributed by atoms with Gasteiger partial charge in [0, 0.05) is 5.56 Å². The van der Waals surface area contributed by atoms with Gasteiger partial charge < -0.3 is 10.5 Å². The Hall–Kier alpha value is -2.55. The number of anilines is 1.